The summed E-state index contributed by atoms with van der Waals surface area (Å²) >= 11 is 0. The van der Waals surface area contributed by atoms with E-state index in [1.807, 2.05) is 26.8 Å². The fourth-order valence-electron chi connectivity index (χ4n) is 2.35. The molecule has 3 nitrogen and oxygen atoms in total. The van der Waals surface area contributed by atoms with Gasteiger partial charge in [-0.15, -0.1) is 0 Å². The highest BCUT2D eigenvalue weighted by Gasteiger charge is 2.17. The summed E-state index contributed by atoms with van der Waals surface area (Å²) in [5, 5.41) is 0. The van der Waals surface area contributed by atoms with Crippen LogP contribution in [0, 0.1) is 19.7 Å². The van der Waals surface area contributed by atoms with E-state index in [1.165, 1.54) is 6.07 Å². The summed E-state index contributed by atoms with van der Waals surface area (Å²) < 4.78 is 13.8. The molecule has 1 aromatic carbocycles. The Morgan fingerprint density at radius 1 is 1.30 bits per heavy atom. The molecule has 0 bridgehead atoms. The summed E-state index contributed by atoms with van der Waals surface area (Å²) in [6, 6.07) is 8.37. The molecular formula is C16H19FN2O. The molecule has 2 aromatic rings. The van der Waals surface area contributed by atoms with E-state index in [2.05, 4.69) is 4.98 Å². The number of Topliss-reactive ketones (excluding diaryl/α,β-unsaturated/α-hetero) is 1. The number of hydrogen-bond donors (Lipinski definition) is 1. The first-order valence-corrected chi connectivity index (χ1v) is 6.71. The normalized spacial score (nSPS) is 10.6. The number of aryl methyl sites for hydroxylation is 2. The number of rotatable bonds is 5. The number of aromatic nitrogens is 1. The number of carbonyl (C=O) groups is 1. The molecule has 0 aliphatic carbocycles. The summed E-state index contributed by atoms with van der Waals surface area (Å²) in [4.78, 5) is 17.2. The molecule has 0 atom stereocenters. The third kappa shape index (κ3) is 2.90. The molecule has 0 aliphatic rings. The minimum absolute atomic E-state index is 0.00282. The zero-order valence-corrected chi connectivity index (χ0v) is 12.0. The Morgan fingerprint density at radius 2 is 2.00 bits per heavy atom. The van der Waals surface area contributed by atoms with Crippen LogP contribution in [-0.2, 0) is 0 Å². The molecule has 1 N–H and O–H groups in total. The number of nitrogens with one attached hydrogen (secondary N) is 1. The van der Waals surface area contributed by atoms with Gasteiger partial charge in [0.25, 0.3) is 0 Å². The van der Waals surface area contributed by atoms with Crippen molar-refractivity contribution in [2.24, 2.45) is 0 Å². The second kappa shape index (κ2) is 5.90. The number of H-pyrrole nitrogens is 1. The second-order valence-corrected chi connectivity index (χ2v) is 4.88. The Balaban J connectivity index is 2.21. The van der Waals surface area contributed by atoms with Crippen LogP contribution >= 0.6 is 0 Å². The van der Waals surface area contributed by atoms with E-state index < -0.39 is 0 Å². The minimum atomic E-state index is -0.302. The number of carbonyl (C=O) groups excluding carboxylic acids is 1. The number of para-hydroxylation sites is 1. The largest absolute Gasteiger partial charge is 0.362 e. The highest BCUT2D eigenvalue weighted by molar-refractivity contribution is 6.00. The van der Waals surface area contributed by atoms with Crippen molar-refractivity contribution in [1.29, 1.82) is 0 Å². The minimum Gasteiger partial charge on any atom is -0.362 e. The van der Waals surface area contributed by atoms with Crippen molar-refractivity contribution in [2.45, 2.75) is 20.8 Å². The van der Waals surface area contributed by atoms with Crippen LogP contribution in [0.4, 0.5) is 10.1 Å². The van der Waals surface area contributed by atoms with Gasteiger partial charge in [0.05, 0.1) is 12.2 Å². The van der Waals surface area contributed by atoms with Crippen LogP contribution in [0.5, 0.6) is 0 Å². The molecule has 0 saturated heterocycles. The topological polar surface area (TPSA) is 36.1 Å². The van der Waals surface area contributed by atoms with Gasteiger partial charge in [0.1, 0.15) is 5.82 Å². The van der Waals surface area contributed by atoms with Crippen molar-refractivity contribution in [3.8, 4) is 0 Å². The molecule has 106 valence electrons. The van der Waals surface area contributed by atoms with E-state index in [0.717, 1.165) is 11.4 Å². The van der Waals surface area contributed by atoms with E-state index in [4.69, 9.17) is 0 Å². The fraction of sp³-hybridized carbons (Fsp3) is 0.312. The summed E-state index contributed by atoms with van der Waals surface area (Å²) in [7, 11) is 0. The molecule has 0 radical (unpaired) electrons. The fourth-order valence-corrected chi connectivity index (χ4v) is 2.35. The highest BCUT2D eigenvalue weighted by atomic mass is 19.1. The highest BCUT2D eigenvalue weighted by Crippen LogP contribution is 2.19. The average Bonchev–Trinajstić information content (AvgIpc) is 2.76. The molecule has 1 aromatic heterocycles. The standard InChI is InChI=1S/C16H19FN2O/c1-4-19(15-8-6-5-7-14(15)17)10-16(20)13-9-11(2)18-12(13)3/h5-9,18H,4,10H2,1-3H3. The van der Waals surface area contributed by atoms with Crippen LogP contribution in [-0.4, -0.2) is 23.9 Å². The van der Waals surface area contributed by atoms with Crippen molar-refractivity contribution in [3.63, 3.8) is 0 Å². The molecule has 0 amide bonds. The first kappa shape index (κ1) is 14.3. The van der Waals surface area contributed by atoms with Gasteiger partial charge in [-0.2, -0.15) is 0 Å². The second-order valence-electron chi connectivity index (χ2n) is 4.88. The maximum Gasteiger partial charge on any atom is 0.183 e. The average molecular weight is 274 g/mol. The molecule has 0 unspecified atom stereocenters. The maximum absolute atomic E-state index is 13.8. The van der Waals surface area contributed by atoms with Gasteiger partial charge in [0, 0.05) is 23.5 Å². The smallest absolute Gasteiger partial charge is 0.183 e. The number of halogens is 1. The number of hydrogen-bond acceptors (Lipinski definition) is 2. The van der Waals surface area contributed by atoms with Gasteiger partial charge < -0.3 is 9.88 Å². The number of aromatic amines is 1. The molecule has 0 aliphatic heterocycles. The quantitative estimate of drug-likeness (QED) is 0.847. The van der Waals surface area contributed by atoms with Gasteiger partial charge in [-0.25, -0.2) is 4.39 Å². The molecule has 2 rings (SSSR count). The monoisotopic (exact) mass is 274 g/mol. The number of nitrogens with zero attached hydrogens (tertiary/aromatic N) is 1. The van der Waals surface area contributed by atoms with Crippen LogP contribution < -0.4 is 4.90 Å². The van der Waals surface area contributed by atoms with E-state index in [0.29, 0.717) is 17.8 Å². The first-order valence-electron chi connectivity index (χ1n) is 6.71. The van der Waals surface area contributed by atoms with Gasteiger partial charge in [0.15, 0.2) is 5.78 Å². The zero-order chi connectivity index (χ0) is 14.7. The van der Waals surface area contributed by atoms with Gasteiger partial charge in [-0.1, -0.05) is 12.1 Å². The number of ketones is 1. The third-order valence-electron chi connectivity index (χ3n) is 3.36. The van der Waals surface area contributed by atoms with Crippen LogP contribution in [0.15, 0.2) is 30.3 Å². The van der Waals surface area contributed by atoms with Crippen molar-refractivity contribution in [2.75, 3.05) is 18.0 Å². The summed E-state index contributed by atoms with van der Waals surface area (Å²) in [5.74, 6) is -0.305. The lowest BCUT2D eigenvalue weighted by Crippen LogP contribution is -2.30. The number of anilines is 1. The Morgan fingerprint density at radius 3 is 2.55 bits per heavy atom. The van der Waals surface area contributed by atoms with Gasteiger partial charge >= 0.3 is 0 Å². The van der Waals surface area contributed by atoms with Crippen molar-refractivity contribution >= 4 is 11.5 Å². The summed E-state index contributed by atoms with van der Waals surface area (Å²) in [6.45, 7) is 6.46. The van der Waals surface area contributed by atoms with Crippen molar-refractivity contribution in [3.05, 3.63) is 53.1 Å². The lowest BCUT2D eigenvalue weighted by atomic mass is 10.1. The van der Waals surface area contributed by atoms with Gasteiger partial charge in [0.2, 0.25) is 0 Å². The molecule has 4 heteroatoms. The first-order chi connectivity index (χ1) is 9.52. The van der Waals surface area contributed by atoms with Crippen molar-refractivity contribution < 1.29 is 9.18 Å². The number of benzene rings is 1. The van der Waals surface area contributed by atoms with E-state index >= 15 is 0 Å². The van der Waals surface area contributed by atoms with Crippen LogP contribution in [0.25, 0.3) is 0 Å². The van der Waals surface area contributed by atoms with Crippen LogP contribution in [0.3, 0.4) is 0 Å². The molecular weight excluding hydrogens is 255 g/mol. The maximum atomic E-state index is 13.8. The van der Waals surface area contributed by atoms with E-state index in [-0.39, 0.29) is 18.1 Å². The molecule has 0 saturated carbocycles. The zero-order valence-electron chi connectivity index (χ0n) is 12.0. The summed E-state index contributed by atoms with van der Waals surface area (Å²) in [5.41, 5.74) is 2.96. The Bertz CT molecular complexity index is 619. The Kier molecular flexibility index (Phi) is 4.23. The van der Waals surface area contributed by atoms with Crippen LogP contribution in [0.1, 0.15) is 28.7 Å². The molecule has 20 heavy (non-hydrogen) atoms. The predicted molar refractivity (Wildman–Crippen MR) is 78.9 cm³/mol. The molecule has 1 heterocycles. The lowest BCUT2D eigenvalue weighted by molar-refractivity contribution is 0.0998. The lowest BCUT2D eigenvalue weighted by Gasteiger charge is -2.22. The van der Waals surface area contributed by atoms with Crippen LogP contribution in [0.2, 0.25) is 0 Å². The Hall–Kier alpha value is -2.10. The SMILES string of the molecule is CCN(CC(=O)c1cc(C)[nH]c1C)c1ccccc1F. The van der Waals surface area contributed by atoms with Gasteiger partial charge in [-0.3, -0.25) is 4.79 Å². The van der Waals surface area contributed by atoms with E-state index in [9.17, 15) is 9.18 Å². The molecule has 0 fully saturated rings. The predicted octanol–water partition coefficient (Wildman–Crippen LogP) is 3.48. The third-order valence-corrected chi connectivity index (χ3v) is 3.36. The van der Waals surface area contributed by atoms with E-state index in [1.54, 1.807) is 23.1 Å². The summed E-state index contributed by atoms with van der Waals surface area (Å²) in [6.07, 6.45) is 0. The molecule has 0 spiro atoms. The van der Waals surface area contributed by atoms with Gasteiger partial charge in [-0.05, 0) is 39.0 Å². The number of likely N-dealkylation sites (N-methyl/N-ethyl adjacent to an activating group) is 1. The van der Waals surface area contributed by atoms with Crippen molar-refractivity contribution in [1.82, 2.24) is 4.98 Å². The Labute approximate surface area is 118 Å².